The number of alkyl halides is 3. The molecule has 7 nitrogen and oxygen atoms in total. The summed E-state index contributed by atoms with van der Waals surface area (Å²) in [4.78, 5) is 38.7. The zero-order valence-corrected chi connectivity index (χ0v) is 15.1. The molecule has 0 bridgehead atoms. The summed E-state index contributed by atoms with van der Waals surface area (Å²) in [5.74, 6) is -1.71. The van der Waals surface area contributed by atoms with Crippen LogP contribution in [0.2, 0.25) is 0 Å². The summed E-state index contributed by atoms with van der Waals surface area (Å²) in [5.41, 5.74) is 0.596. The number of piperidine rings is 1. The number of hydrogen-bond donors (Lipinski definition) is 2. The Morgan fingerprint density at radius 2 is 1.79 bits per heavy atom. The minimum Gasteiger partial charge on any atom is -0.475 e. The highest BCUT2D eigenvalue weighted by Crippen LogP contribution is 2.32. The van der Waals surface area contributed by atoms with E-state index in [1.807, 2.05) is 4.90 Å². The van der Waals surface area contributed by atoms with Crippen LogP contribution in [0.5, 0.6) is 0 Å². The summed E-state index contributed by atoms with van der Waals surface area (Å²) in [6.07, 6.45) is 2.24. The number of carbonyl (C=O) groups is 3. The topological polar surface area (TPSA) is 99.6 Å². The van der Waals surface area contributed by atoms with Gasteiger partial charge in [-0.15, -0.1) is 0 Å². The first-order chi connectivity index (χ1) is 13.2. The maximum atomic E-state index is 12.0. The van der Waals surface area contributed by atoms with Crippen LogP contribution < -0.4 is 5.32 Å². The average Bonchev–Trinajstić information content (AvgIpc) is 3.51. The highest BCUT2D eigenvalue weighted by atomic mass is 19.4. The summed E-state index contributed by atoms with van der Waals surface area (Å²) < 4.78 is 31.7. The molecule has 2 aliphatic rings. The Bertz CT molecular complexity index is 685. The number of halogens is 3. The van der Waals surface area contributed by atoms with Gasteiger partial charge >= 0.3 is 12.1 Å². The number of amides is 2. The van der Waals surface area contributed by atoms with Crippen LogP contribution in [-0.2, 0) is 9.59 Å². The van der Waals surface area contributed by atoms with Gasteiger partial charge in [0, 0.05) is 37.9 Å². The Balaban J connectivity index is 0.000000345. The van der Waals surface area contributed by atoms with Gasteiger partial charge in [0.2, 0.25) is 5.91 Å². The predicted molar refractivity (Wildman–Crippen MR) is 92.3 cm³/mol. The standard InChI is InChI=1S/C16H21N3O2.C2HF3O2/c20-15(14-2-1-7-17-11-14)18-10-12-5-8-19(9-6-12)16(21)13-3-4-13;3-2(4,5)1(6)7/h1-2,7,11-13H,3-6,8-10H2,(H,18,20);(H,6,7). The van der Waals surface area contributed by atoms with Crippen molar-refractivity contribution in [2.75, 3.05) is 19.6 Å². The number of aliphatic carboxylic acids is 1. The van der Waals surface area contributed by atoms with E-state index in [0.29, 0.717) is 29.9 Å². The Morgan fingerprint density at radius 1 is 1.18 bits per heavy atom. The lowest BCUT2D eigenvalue weighted by atomic mass is 9.96. The molecule has 2 fully saturated rings. The molecule has 0 spiro atoms. The van der Waals surface area contributed by atoms with Crippen LogP contribution in [0, 0.1) is 11.8 Å². The van der Waals surface area contributed by atoms with Gasteiger partial charge in [0.05, 0.1) is 5.56 Å². The van der Waals surface area contributed by atoms with Crippen LogP contribution >= 0.6 is 0 Å². The molecular formula is C18H22F3N3O4. The first-order valence-electron chi connectivity index (χ1n) is 8.95. The second-order valence-electron chi connectivity index (χ2n) is 6.80. The average molecular weight is 401 g/mol. The smallest absolute Gasteiger partial charge is 0.475 e. The number of nitrogens with one attached hydrogen (secondary N) is 1. The maximum Gasteiger partial charge on any atom is 0.490 e. The van der Waals surface area contributed by atoms with Gasteiger partial charge in [-0.25, -0.2) is 4.79 Å². The van der Waals surface area contributed by atoms with E-state index in [9.17, 15) is 22.8 Å². The van der Waals surface area contributed by atoms with Crippen molar-refractivity contribution in [2.45, 2.75) is 31.9 Å². The SMILES string of the molecule is O=C(NCC1CCN(C(=O)C2CC2)CC1)c1cccnc1.O=C(O)C(F)(F)F. The monoisotopic (exact) mass is 401 g/mol. The highest BCUT2D eigenvalue weighted by Gasteiger charge is 2.38. The second-order valence-corrected chi connectivity index (χ2v) is 6.80. The third-order valence-electron chi connectivity index (χ3n) is 4.57. The van der Waals surface area contributed by atoms with Crippen molar-refractivity contribution < 1.29 is 32.7 Å². The van der Waals surface area contributed by atoms with Gasteiger partial charge in [-0.1, -0.05) is 0 Å². The minimum atomic E-state index is -5.08. The minimum absolute atomic E-state index is 0.0698. The number of pyridine rings is 1. The van der Waals surface area contributed by atoms with Crippen LogP contribution in [0.25, 0.3) is 0 Å². The molecule has 0 aromatic carbocycles. The van der Waals surface area contributed by atoms with E-state index in [1.54, 1.807) is 24.5 Å². The molecule has 1 aliphatic heterocycles. The van der Waals surface area contributed by atoms with E-state index >= 15 is 0 Å². The van der Waals surface area contributed by atoms with Crippen LogP contribution in [0.3, 0.4) is 0 Å². The Kier molecular flexibility index (Phi) is 7.36. The zero-order chi connectivity index (χ0) is 20.7. The lowest BCUT2D eigenvalue weighted by Gasteiger charge is -2.32. The van der Waals surface area contributed by atoms with E-state index < -0.39 is 12.1 Å². The Morgan fingerprint density at radius 3 is 2.25 bits per heavy atom. The van der Waals surface area contributed by atoms with Crippen molar-refractivity contribution in [2.24, 2.45) is 11.8 Å². The molecule has 2 amide bonds. The van der Waals surface area contributed by atoms with E-state index in [0.717, 1.165) is 38.8 Å². The molecule has 1 saturated heterocycles. The molecule has 154 valence electrons. The largest absolute Gasteiger partial charge is 0.490 e. The number of nitrogens with zero attached hydrogens (tertiary/aromatic N) is 2. The summed E-state index contributed by atoms with van der Waals surface area (Å²) in [5, 5.41) is 10.1. The predicted octanol–water partition coefficient (Wildman–Crippen LogP) is 2.09. The fourth-order valence-corrected chi connectivity index (χ4v) is 2.78. The molecular weight excluding hydrogens is 379 g/mol. The van der Waals surface area contributed by atoms with Gasteiger partial charge in [0.1, 0.15) is 0 Å². The quantitative estimate of drug-likeness (QED) is 0.805. The molecule has 10 heteroatoms. The number of hydrogen-bond acceptors (Lipinski definition) is 4. The van der Waals surface area contributed by atoms with Crippen molar-refractivity contribution in [1.29, 1.82) is 0 Å². The third kappa shape index (κ3) is 6.82. The zero-order valence-electron chi connectivity index (χ0n) is 15.1. The molecule has 1 saturated carbocycles. The number of aromatic nitrogens is 1. The van der Waals surface area contributed by atoms with Crippen molar-refractivity contribution in [3.63, 3.8) is 0 Å². The molecule has 3 rings (SSSR count). The number of rotatable bonds is 4. The maximum absolute atomic E-state index is 12.0. The highest BCUT2D eigenvalue weighted by molar-refractivity contribution is 5.93. The van der Waals surface area contributed by atoms with Crippen LogP contribution in [0.1, 0.15) is 36.0 Å². The summed E-state index contributed by atoms with van der Waals surface area (Å²) in [6, 6.07) is 3.52. The fraction of sp³-hybridized carbons (Fsp3) is 0.556. The number of carbonyl (C=O) groups excluding carboxylic acids is 2. The lowest BCUT2D eigenvalue weighted by molar-refractivity contribution is -0.192. The van der Waals surface area contributed by atoms with Crippen LogP contribution in [-0.4, -0.2) is 58.6 Å². The molecule has 1 aliphatic carbocycles. The van der Waals surface area contributed by atoms with E-state index in [4.69, 9.17) is 9.90 Å². The van der Waals surface area contributed by atoms with Crippen molar-refractivity contribution in [1.82, 2.24) is 15.2 Å². The molecule has 2 heterocycles. The van der Waals surface area contributed by atoms with Gasteiger partial charge in [-0.3, -0.25) is 14.6 Å². The second kappa shape index (κ2) is 9.52. The number of likely N-dealkylation sites (tertiary alicyclic amines) is 1. The van der Waals surface area contributed by atoms with Crippen molar-refractivity contribution in [3.05, 3.63) is 30.1 Å². The third-order valence-corrected chi connectivity index (χ3v) is 4.57. The Labute approximate surface area is 159 Å². The van der Waals surface area contributed by atoms with E-state index in [2.05, 4.69) is 10.3 Å². The summed E-state index contributed by atoms with van der Waals surface area (Å²) in [6.45, 7) is 2.35. The van der Waals surface area contributed by atoms with E-state index in [1.165, 1.54) is 0 Å². The van der Waals surface area contributed by atoms with Crippen LogP contribution in [0.4, 0.5) is 13.2 Å². The Hall–Kier alpha value is -2.65. The summed E-state index contributed by atoms with van der Waals surface area (Å²) in [7, 11) is 0. The lowest BCUT2D eigenvalue weighted by Crippen LogP contribution is -2.42. The molecule has 1 aromatic rings. The van der Waals surface area contributed by atoms with Gasteiger partial charge in [0.25, 0.3) is 5.91 Å². The number of carboxylic acid groups (broad SMARTS) is 1. The molecule has 0 atom stereocenters. The fourth-order valence-electron chi connectivity index (χ4n) is 2.78. The molecule has 0 unspecified atom stereocenters. The van der Waals surface area contributed by atoms with Gasteiger partial charge in [-0.2, -0.15) is 13.2 Å². The first-order valence-corrected chi connectivity index (χ1v) is 8.95. The van der Waals surface area contributed by atoms with E-state index in [-0.39, 0.29) is 5.91 Å². The van der Waals surface area contributed by atoms with Crippen molar-refractivity contribution >= 4 is 17.8 Å². The molecule has 0 radical (unpaired) electrons. The van der Waals surface area contributed by atoms with Gasteiger partial charge in [-0.05, 0) is 43.7 Å². The molecule has 28 heavy (non-hydrogen) atoms. The van der Waals surface area contributed by atoms with Gasteiger partial charge < -0.3 is 15.3 Å². The number of carboxylic acids is 1. The van der Waals surface area contributed by atoms with Crippen molar-refractivity contribution in [3.8, 4) is 0 Å². The molecule has 2 N–H and O–H groups in total. The molecule has 1 aromatic heterocycles. The first kappa shape index (κ1) is 21.6. The van der Waals surface area contributed by atoms with Gasteiger partial charge in [0.15, 0.2) is 0 Å². The van der Waals surface area contributed by atoms with Crippen LogP contribution in [0.15, 0.2) is 24.5 Å². The normalized spacial score (nSPS) is 17.3. The summed E-state index contributed by atoms with van der Waals surface area (Å²) >= 11 is 0.